The molecule has 0 radical (unpaired) electrons. The Kier molecular flexibility index (Phi) is 2.80. The molecule has 4 nitrogen and oxygen atoms in total. The summed E-state index contributed by atoms with van der Waals surface area (Å²) in [6.45, 7) is 2.05. The first-order chi connectivity index (χ1) is 6.92. The van der Waals surface area contributed by atoms with Crippen LogP contribution in [0.4, 0.5) is 0 Å². The van der Waals surface area contributed by atoms with Crippen molar-refractivity contribution in [1.29, 1.82) is 5.26 Å². The van der Waals surface area contributed by atoms with Crippen molar-refractivity contribution >= 4 is 0 Å². The smallest absolute Gasteiger partial charge is 0.140 e. The number of H-pyrrole nitrogens is 1. The van der Waals surface area contributed by atoms with Crippen molar-refractivity contribution in [2.75, 3.05) is 13.1 Å². The first-order valence-electron chi connectivity index (χ1n) is 5.04. The molecule has 0 aromatic carbocycles. The van der Waals surface area contributed by atoms with Crippen LogP contribution in [0.15, 0.2) is 12.5 Å². The number of nitrogens with one attached hydrogen (secondary N) is 1. The Morgan fingerprint density at radius 2 is 2.21 bits per heavy atom. The fourth-order valence-corrected chi connectivity index (χ4v) is 1.94. The molecule has 1 aromatic heterocycles. The van der Waals surface area contributed by atoms with Crippen LogP contribution in [0.25, 0.3) is 0 Å². The number of nitriles is 1. The van der Waals surface area contributed by atoms with Gasteiger partial charge in [-0.2, -0.15) is 5.26 Å². The zero-order chi connectivity index (χ0) is 9.80. The van der Waals surface area contributed by atoms with Gasteiger partial charge < -0.3 is 4.98 Å². The van der Waals surface area contributed by atoms with E-state index >= 15 is 0 Å². The van der Waals surface area contributed by atoms with E-state index in [9.17, 15) is 0 Å². The molecule has 1 aromatic rings. The van der Waals surface area contributed by atoms with Gasteiger partial charge in [0, 0.05) is 0 Å². The molecule has 0 bridgehead atoms. The van der Waals surface area contributed by atoms with Gasteiger partial charge in [-0.1, -0.05) is 6.42 Å². The topological polar surface area (TPSA) is 55.7 Å². The maximum atomic E-state index is 9.11. The number of piperidine rings is 1. The molecule has 0 amide bonds. The van der Waals surface area contributed by atoms with Gasteiger partial charge in [-0.15, -0.1) is 0 Å². The molecule has 74 valence electrons. The Hall–Kier alpha value is -1.34. The van der Waals surface area contributed by atoms with Gasteiger partial charge in [-0.3, -0.25) is 4.90 Å². The number of aromatic amines is 1. The summed E-state index contributed by atoms with van der Waals surface area (Å²) in [4.78, 5) is 9.18. The summed E-state index contributed by atoms with van der Waals surface area (Å²) in [6.07, 6.45) is 7.06. The van der Waals surface area contributed by atoms with Crippen molar-refractivity contribution in [1.82, 2.24) is 14.9 Å². The highest BCUT2D eigenvalue weighted by Gasteiger charge is 2.22. The van der Waals surface area contributed by atoms with Crippen molar-refractivity contribution < 1.29 is 0 Å². The summed E-state index contributed by atoms with van der Waals surface area (Å²) in [5.74, 6) is 0. The van der Waals surface area contributed by atoms with Crippen LogP contribution in [-0.2, 0) is 0 Å². The largest absolute Gasteiger partial charge is 0.346 e. The van der Waals surface area contributed by atoms with E-state index in [1.54, 1.807) is 12.5 Å². The van der Waals surface area contributed by atoms with Crippen LogP contribution in [0, 0.1) is 11.3 Å². The minimum atomic E-state index is -0.141. The maximum absolute atomic E-state index is 9.11. The third-order valence-corrected chi connectivity index (χ3v) is 2.69. The summed E-state index contributed by atoms with van der Waals surface area (Å²) < 4.78 is 0. The molecule has 1 saturated heterocycles. The second-order valence-corrected chi connectivity index (χ2v) is 3.64. The van der Waals surface area contributed by atoms with Crippen LogP contribution in [0.5, 0.6) is 0 Å². The van der Waals surface area contributed by atoms with Crippen molar-refractivity contribution in [2.24, 2.45) is 0 Å². The van der Waals surface area contributed by atoms with E-state index in [0.29, 0.717) is 0 Å². The molecule has 0 spiro atoms. The normalized spacial score (nSPS) is 20.2. The number of rotatable bonds is 2. The van der Waals surface area contributed by atoms with Gasteiger partial charge in [-0.25, -0.2) is 4.98 Å². The van der Waals surface area contributed by atoms with E-state index in [1.165, 1.54) is 19.3 Å². The average Bonchev–Trinajstić information content (AvgIpc) is 2.74. The van der Waals surface area contributed by atoms with E-state index in [2.05, 4.69) is 20.9 Å². The fourth-order valence-electron chi connectivity index (χ4n) is 1.94. The van der Waals surface area contributed by atoms with Gasteiger partial charge in [0.15, 0.2) is 0 Å². The average molecular weight is 190 g/mol. The van der Waals surface area contributed by atoms with Crippen molar-refractivity contribution in [3.8, 4) is 6.07 Å². The summed E-state index contributed by atoms with van der Waals surface area (Å²) >= 11 is 0. The molecule has 1 fully saturated rings. The van der Waals surface area contributed by atoms with E-state index in [4.69, 9.17) is 5.26 Å². The molecular weight excluding hydrogens is 176 g/mol. The SMILES string of the molecule is N#CC(c1cnc[nH]1)N1CCCCC1. The lowest BCUT2D eigenvalue weighted by Gasteiger charge is -2.29. The molecule has 0 aliphatic carbocycles. The number of hydrogen-bond acceptors (Lipinski definition) is 3. The Balaban J connectivity index is 2.09. The van der Waals surface area contributed by atoms with Gasteiger partial charge in [0.05, 0.1) is 24.3 Å². The van der Waals surface area contributed by atoms with Crippen LogP contribution < -0.4 is 0 Å². The highest BCUT2D eigenvalue weighted by molar-refractivity contribution is 5.12. The van der Waals surface area contributed by atoms with Gasteiger partial charge >= 0.3 is 0 Å². The Bertz CT molecular complexity index is 305. The molecule has 14 heavy (non-hydrogen) atoms. The van der Waals surface area contributed by atoms with Gasteiger partial charge in [-0.05, 0) is 25.9 Å². The Labute approximate surface area is 83.6 Å². The lowest BCUT2D eigenvalue weighted by Crippen LogP contribution is -2.33. The zero-order valence-corrected chi connectivity index (χ0v) is 8.11. The monoisotopic (exact) mass is 190 g/mol. The van der Waals surface area contributed by atoms with Crippen LogP contribution >= 0.6 is 0 Å². The third kappa shape index (κ3) is 1.78. The van der Waals surface area contributed by atoms with Crippen molar-refractivity contribution in [3.05, 3.63) is 18.2 Å². The van der Waals surface area contributed by atoms with Crippen molar-refractivity contribution in [3.63, 3.8) is 0 Å². The van der Waals surface area contributed by atoms with Crippen LogP contribution in [0.2, 0.25) is 0 Å². The predicted octanol–water partition coefficient (Wildman–Crippen LogP) is 1.46. The minimum absolute atomic E-state index is 0.141. The van der Waals surface area contributed by atoms with E-state index in [-0.39, 0.29) is 6.04 Å². The molecule has 2 rings (SSSR count). The second-order valence-electron chi connectivity index (χ2n) is 3.64. The number of likely N-dealkylation sites (tertiary alicyclic amines) is 1. The molecule has 2 heterocycles. The second kappa shape index (κ2) is 4.25. The predicted molar refractivity (Wildman–Crippen MR) is 52.4 cm³/mol. The standard InChI is InChI=1S/C10H14N4/c11-6-10(9-7-12-8-13-9)14-4-2-1-3-5-14/h7-8,10H,1-5H2,(H,12,13). The first-order valence-corrected chi connectivity index (χ1v) is 5.04. The van der Waals surface area contributed by atoms with Gasteiger partial charge in [0.2, 0.25) is 0 Å². The Morgan fingerprint density at radius 1 is 1.43 bits per heavy atom. The molecule has 1 aliphatic rings. The molecule has 1 N–H and O–H groups in total. The van der Waals surface area contributed by atoms with Crippen LogP contribution in [-0.4, -0.2) is 28.0 Å². The lowest BCUT2D eigenvalue weighted by atomic mass is 10.1. The molecule has 1 atom stereocenters. The lowest BCUT2D eigenvalue weighted by molar-refractivity contribution is 0.194. The minimum Gasteiger partial charge on any atom is -0.346 e. The van der Waals surface area contributed by atoms with E-state index < -0.39 is 0 Å². The van der Waals surface area contributed by atoms with Gasteiger partial charge in [0.25, 0.3) is 0 Å². The van der Waals surface area contributed by atoms with Crippen molar-refractivity contribution in [2.45, 2.75) is 25.3 Å². The summed E-state index contributed by atoms with van der Waals surface area (Å²) in [5, 5.41) is 9.11. The Morgan fingerprint density at radius 3 is 2.79 bits per heavy atom. The summed E-state index contributed by atoms with van der Waals surface area (Å²) in [7, 11) is 0. The maximum Gasteiger partial charge on any atom is 0.140 e. The third-order valence-electron chi connectivity index (χ3n) is 2.69. The van der Waals surface area contributed by atoms with Crippen LogP contribution in [0.1, 0.15) is 31.0 Å². The zero-order valence-electron chi connectivity index (χ0n) is 8.11. The quantitative estimate of drug-likeness (QED) is 0.768. The molecule has 4 heteroatoms. The van der Waals surface area contributed by atoms with Crippen LogP contribution in [0.3, 0.4) is 0 Å². The molecule has 1 unspecified atom stereocenters. The van der Waals surface area contributed by atoms with E-state index in [0.717, 1.165) is 18.8 Å². The highest BCUT2D eigenvalue weighted by atomic mass is 15.2. The van der Waals surface area contributed by atoms with E-state index in [1.807, 2.05) is 0 Å². The molecule has 1 aliphatic heterocycles. The number of nitrogens with zero attached hydrogens (tertiary/aromatic N) is 3. The fraction of sp³-hybridized carbons (Fsp3) is 0.600. The molecule has 0 saturated carbocycles. The number of aromatic nitrogens is 2. The highest BCUT2D eigenvalue weighted by Crippen LogP contribution is 2.21. The first kappa shape index (κ1) is 9.22. The number of imidazole rings is 1. The summed E-state index contributed by atoms with van der Waals surface area (Å²) in [6, 6.07) is 2.19. The van der Waals surface area contributed by atoms with Gasteiger partial charge in [0.1, 0.15) is 6.04 Å². The summed E-state index contributed by atoms with van der Waals surface area (Å²) in [5.41, 5.74) is 0.911. The molecular formula is C10H14N4. The number of hydrogen-bond donors (Lipinski definition) is 1.